The molecule has 1 aromatic heterocycles. The summed E-state index contributed by atoms with van der Waals surface area (Å²) in [6.45, 7) is 0. The number of para-hydroxylation sites is 2. The van der Waals surface area contributed by atoms with Crippen molar-refractivity contribution in [3.05, 3.63) is 72.1 Å². The summed E-state index contributed by atoms with van der Waals surface area (Å²) < 4.78 is 10.9. The number of aromatic nitrogens is 1. The van der Waals surface area contributed by atoms with Crippen molar-refractivity contribution >= 4 is 29.1 Å². The van der Waals surface area contributed by atoms with E-state index in [0.29, 0.717) is 22.6 Å². The summed E-state index contributed by atoms with van der Waals surface area (Å²) in [7, 11) is 0. The number of hydrogen-bond acceptors (Lipinski definition) is 5. The number of benzene rings is 2. The molecule has 1 saturated carbocycles. The van der Waals surface area contributed by atoms with Gasteiger partial charge in [-0.3, -0.25) is 4.79 Å². The molecular formula is C21H18N2O4. The molecule has 0 spiro atoms. The van der Waals surface area contributed by atoms with E-state index in [1.54, 1.807) is 30.3 Å². The third kappa shape index (κ3) is 4.23. The Bertz CT molecular complexity index is 957. The van der Waals surface area contributed by atoms with Crippen LogP contribution in [0.2, 0.25) is 0 Å². The van der Waals surface area contributed by atoms with Gasteiger partial charge in [0.25, 0.3) is 5.91 Å². The van der Waals surface area contributed by atoms with E-state index in [-0.39, 0.29) is 11.9 Å². The van der Waals surface area contributed by atoms with E-state index in [0.717, 1.165) is 12.8 Å². The lowest BCUT2D eigenvalue weighted by Gasteiger charge is -2.17. The standard InChI is InChI=1S/C21H18N2O4/c24-19(13-12-18-23-16-8-4-5-9-17(16)26-18)27-20(14-6-2-1-3-7-14)21(25)22-15-10-11-15/h1-9,12-13,15,20H,10-11H2,(H,22,25)/b13-12+/t20-/m0/s1. The Morgan fingerprint density at radius 3 is 2.59 bits per heavy atom. The predicted octanol–water partition coefficient (Wildman–Crippen LogP) is 3.40. The van der Waals surface area contributed by atoms with Crippen LogP contribution in [-0.4, -0.2) is 22.9 Å². The lowest BCUT2D eigenvalue weighted by atomic mass is 10.1. The number of esters is 1. The number of nitrogens with one attached hydrogen (secondary N) is 1. The van der Waals surface area contributed by atoms with E-state index in [1.165, 1.54) is 12.2 Å². The number of amides is 1. The Hall–Kier alpha value is -3.41. The first-order chi connectivity index (χ1) is 13.2. The zero-order chi connectivity index (χ0) is 18.6. The van der Waals surface area contributed by atoms with Crippen LogP contribution in [0.5, 0.6) is 0 Å². The Labute approximate surface area is 155 Å². The summed E-state index contributed by atoms with van der Waals surface area (Å²) in [5.74, 6) is -0.656. The van der Waals surface area contributed by atoms with E-state index in [1.807, 2.05) is 24.3 Å². The molecule has 1 atom stereocenters. The highest BCUT2D eigenvalue weighted by atomic mass is 16.5. The van der Waals surface area contributed by atoms with Gasteiger partial charge < -0.3 is 14.5 Å². The molecule has 1 amide bonds. The van der Waals surface area contributed by atoms with E-state index in [4.69, 9.17) is 9.15 Å². The molecule has 0 saturated heterocycles. The average molecular weight is 362 g/mol. The van der Waals surface area contributed by atoms with Crippen molar-refractivity contribution in [3.8, 4) is 0 Å². The van der Waals surface area contributed by atoms with Gasteiger partial charge in [0.1, 0.15) is 5.52 Å². The second-order valence-corrected chi connectivity index (χ2v) is 6.36. The summed E-state index contributed by atoms with van der Waals surface area (Å²) in [5.41, 5.74) is 1.97. The first kappa shape index (κ1) is 17.0. The lowest BCUT2D eigenvalue weighted by Crippen LogP contribution is -2.33. The maximum Gasteiger partial charge on any atom is 0.332 e. The van der Waals surface area contributed by atoms with Crippen LogP contribution in [0.1, 0.15) is 30.4 Å². The smallest absolute Gasteiger partial charge is 0.332 e. The molecule has 2 aromatic carbocycles. The van der Waals surface area contributed by atoms with Gasteiger partial charge in [0.15, 0.2) is 5.58 Å². The summed E-state index contributed by atoms with van der Waals surface area (Å²) in [4.78, 5) is 29.0. The molecular weight excluding hydrogens is 344 g/mol. The maximum absolute atomic E-state index is 12.5. The minimum Gasteiger partial charge on any atom is -0.444 e. The van der Waals surface area contributed by atoms with Gasteiger partial charge in [-0.25, -0.2) is 9.78 Å². The molecule has 1 aliphatic carbocycles. The van der Waals surface area contributed by atoms with Crippen LogP contribution in [0, 0.1) is 0 Å². The molecule has 136 valence electrons. The molecule has 3 aromatic rings. The van der Waals surface area contributed by atoms with Crippen LogP contribution >= 0.6 is 0 Å². The highest BCUT2D eigenvalue weighted by Gasteiger charge is 2.30. The Kier molecular flexibility index (Phi) is 4.70. The molecule has 6 nitrogen and oxygen atoms in total. The SMILES string of the molecule is O=C(/C=C/c1nc2ccccc2o1)O[C@H](C(=O)NC1CC1)c1ccccc1. The number of fused-ring (bicyclic) bond motifs is 1. The molecule has 1 aliphatic rings. The largest absolute Gasteiger partial charge is 0.444 e. The second kappa shape index (κ2) is 7.45. The van der Waals surface area contributed by atoms with Crippen molar-refractivity contribution in [2.45, 2.75) is 25.0 Å². The number of carbonyl (C=O) groups is 2. The number of hydrogen-bond donors (Lipinski definition) is 1. The third-order valence-electron chi connectivity index (χ3n) is 4.17. The van der Waals surface area contributed by atoms with Crippen molar-refractivity contribution in [2.75, 3.05) is 0 Å². The molecule has 6 heteroatoms. The number of nitrogens with zero attached hydrogens (tertiary/aromatic N) is 1. The first-order valence-corrected chi connectivity index (χ1v) is 8.78. The fourth-order valence-corrected chi connectivity index (χ4v) is 2.66. The predicted molar refractivity (Wildman–Crippen MR) is 99.5 cm³/mol. The number of oxazole rings is 1. The molecule has 0 aliphatic heterocycles. The molecule has 1 fully saturated rings. The van der Waals surface area contributed by atoms with Crippen LogP contribution in [0.15, 0.2) is 65.1 Å². The lowest BCUT2D eigenvalue weighted by molar-refractivity contribution is -0.151. The Morgan fingerprint density at radius 1 is 1.11 bits per heavy atom. The van der Waals surface area contributed by atoms with Crippen LogP contribution < -0.4 is 5.32 Å². The highest BCUT2D eigenvalue weighted by Crippen LogP contribution is 2.23. The van der Waals surface area contributed by atoms with Crippen molar-refractivity contribution in [1.29, 1.82) is 0 Å². The number of rotatable bonds is 6. The van der Waals surface area contributed by atoms with Crippen molar-refractivity contribution in [1.82, 2.24) is 10.3 Å². The average Bonchev–Trinajstić information content (AvgIpc) is 3.40. The summed E-state index contributed by atoms with van der Waals surface area (Å²) >= 11 is 0. The van der Waals surface area contributed by atoms with E-state index < -0.39 is 12.1 Å². The zero-order valence-corrected chi connectivity index (χ0v) is 14.5. The van der Waals surface area contributed by atoms with E-state index >= 15 is 0 Å². The minimum atomic E-state index is -0.993. The first-order valence-electron chi connectivity index (χ1n) is 8.78. The van der Waals surface area contributed by atoms with Gasteiger partial charge in [-0.15, -0.1) is 0 Å². The molecule has 0 radical (unpaired) electrons. The fraction of sp³-hybridized carbons (Fsp3) is 0.190. The normalized spacial score (nSPS) is 15.0. The van der Waals surface area contributed by atoms with Gasteiger partial charge in [-0.2, -0.15) is 0 Å². The van der Waals surface area contributed by atoms with Crippen LogP contribution in [0.25, 0.3) is 17.2 Å². The topological polar surface area (TPSA) is 81.4 Å². The number of carbonyl (C=O) groups excluding carboxylic acids is 2. The Morgan fingerprint density at radius 2 is 1.85 bits per heavy atom. The highest BCUT2D eigenvalue weighted by molar-refractivity contribution is 5.91. The van der Waals surface area contributed by atoms with Crippen LogP contribution in [-0.2, 0) is 14.3 Å². The monoisotopic (exact) mass is 362 g/mol. The Balaban J connectivity index is 1.47. The molecule has 0 unspecified atom stereocenters. The summed E-state index contributed by atoms with van der Waals surface area (Å²) in [6, 6.07) is 16.5. The molecule has 27 heavy (non-hydrogen) atoms. The van der Waals surface area contributed by atoms with E-state index in [2.05, 4.69) is 10.3 Å². The van der Waals surface area contributed by atoms with Crippen molar-refractivity contribution in [3.63, 3.8) is 0 Å². The van der Waals surface area contributed by atoms with Gasteiger partial charge in [-0.05, 0) is 25.0 Å². The van der Waals surface area contributed by atoms with Crippen molar-refractivity contribution in [2.24, 2.45) is 0 Å². The van der Waals surface area contributed by atoms with Gasteiger partial charge in [0.05, 0.1) is 0 Å². The minimum absolute atomic E-state index is 0.178. The maximum atomic E-state index is 12.5. The molecule has 4 rings (SSSR count). The summed E-state index contributed by atoms with van der Waals surface area (Å²) in [6.07, 6.45) is 3.57. The summed E-state index contributed by atoms with van der Waals surface area (Å²) in [5, 5.41) is 2.88. The van der Waals surface area contributed by atoms with Crippen LogP contribution in [0.3, 0.4) is 0 Å². The van der Waals surface area contributed by atoms with Gasteiger partial charge >= 0.3 is 5.97 Å². The fourth-order valence-electron chi connectivity index (χ4n) is 2.66. The van der Waals surface area contributed by atoms with Crippen LogP contribution in [0.4, 0.5) is 0 Å². The van der Waals surface area contributed by atoms with Gasteiger partial charge in [-0.1, -0.05) is 42.5 Å². The molecule has 1 heterocycles. The molecule has 1 N–H and O–H groups in total. The second-order valence-electron chi connectivity index (χ2n) is 6.36. The molecule has 0 bridgehead atoms. The quantitative estimate of drug-likeness (QED) is 0.537. The van der Waals surface area contributed by atoms with E-state index in [9.17, 15) is 9.59 Å². The van der Waals surface area contributed by atoms with Gasteiger partial charge in [0, 0.05) is 23.8 Å². The third-order valence-corrected chi connectivity index (χ3v) is 4.17. The zero-order valence-electron chi connectivity index (χ0n) is 14.5. The van der Waals surface area contributed by atoms with Crippen molar-refractivity contribution < 1.29 is 18.7 Å². The van der Waals surface area contributed by atoms with Gasteiger partial charge in [0.2, 0.25) is 12.0 Å². The number of ether oxygens (including phenoxy) is 1.